The van der Waals surface area contributed by atoms with Gasteiger partial charge in [-0.25, -0.2) is 13.8 Å². The van der Waals surface area contributed by atoms with Gasteiger partial charge in [0.2, 0.25) is 5.96 Å². The summed E-state index contributed by atoms with van der Waals surface area (Å²) in [4.78, 5) is 7.66. The van der Waals surface area contributed by atoms with Crippen LogP contribution in [0.1, 0.15) is 50.0 Å². The van der Waals surface area contributed by atoms with Crippen molar-refractivity contribution >= 4 is 33.5 Å². The van der Waals surface area contributed by atoms with Gasteiger partial charge in [0, 0.05) is 52.2 Å². The molecule has 1 aromatic heterocycles. The Labute approximate surface area is 302 Å². The minimum atomic E-state index is -1.32. The molecule has 0 amide bonds. The number of anilines is 1. The lowest BCUT2D eigenvalue weighted by Crippen LogP contribution is -2.37. The molecule has 5 atom stereocenters. The van der Waals surface area contributed by atoms with Crippen molar-refractivity contribution in [2.24, 2.45) is 10.9 Å². The van der Waals surface area contributed by atoms with Gasteiger partial charge in [-0.15, -0.1) is 0 Å². The number of nitrogens with one attached hydrogen (secondary N) is 1. The van der Waals surface area contributed by atoms with Crippen molar-refractivity contribution in [3.8, 4) is 11.1 Å². The molecule has 258 valence electrons. The van der Waals surface area contributed by atoms with Crippen LogP contribution in [0.2, 0.25) is 0 Å². The Hall–Kier alpha value is -5.49. The van der Waals surface area contributed by atoms with Gasteiger partial charge < -0.3 is 10.2 Å². The van der Waals surface area contributed by atoms with Crippen LogP contribution in [0.3, 0.4) is 0 Å². The highest BCUT2D eigenvalue weighted by Crippen LogP contribution is 2.50. The van der Waals surface area contributed by atoms with E-state index in [2.05, 4.69) is 136 Å². The molecule has 52 heavy (non-hydrogen) atoms. The van der Waals surface area contributed by atoms with Gasteiger partial charge in [0.15, 0.2) is 0 Å². The quantitative estimate of drug-likeness (QED) is 0.217. The molecule has 0 spiro atoms. The molecule has 3 aromatic carbocycles. The van der Waals surface area contributed by atoms with Crippen LogP contribution < -0.4 is 10.2 Å². The summed E-state index contributed by atoms with van der Waals surface area (Å²) in [5, 5.41) is 6.12. The monoisotopic (exact) mass is 686 g/mol. The molecule has 0 bridgehead atoms. The third-order valence-electron chi connectivity index (χ3n) is 11.6. The first-order chi connectivity index (χ1) is 25.6. The lowest BCUT2D eigenvalue weighted by atomic mass is 9.87. The Morgan fingerprint density at radius 3 is 2.58 bits per heavy atom. The Morgan fingerprint density at radius 2 is 1.71 bits per heavy atom. The van der Waals surface area contributed by atoms with E-state index in [1.807, 2.05) is 0 Å². The number of aromatic nitrogens is 1. The van der Waals surface area contributed by atoms with Gasteiger partial charge in [-0.3, -0.25) is 4.57 Å². The van der Waals surface area contributed by atoms with Crippen LogP contribution in [0.4, 0.5) is 14.5 Å². The number of fused-ring (bicyclic) bond motifs is 6. The second kappa shape index (κ2) is 12.6. The van der Waals surface area contributed by atoms with E-state index in [0.717, 1.165) is 88.8 Å². The minimum absolute atomic E-state index is 0.0129. The first kappa shape index (κ1) is 31.3. The Balaban J connectivity index is 1.11. The van der Waals surface area contributed by atoms with Gasteiger partial charge in [0.1, 0.15) is 12.0 Å². The predicted molar refractivity (Wildman–Crippen MR) is 210 cm³/mol. The summed E-state index contributed by atoms with van der Waals surface area (Å²) in [6, 6.07) is 22.1. The average molecular weight is 687 g/mol. The van der Waals surface area contributed by atoms with Crippen molar-refractivity contribution in [3.05, 3.63) is 162 Å². The summed E-state index contributed by atoms with van der Waals surface area (Å²) < 4.78 is 31.7. The fourth-order valence-electron chi connectivity index (χ4n) is 9.13. The van der Waals surface area contributed by atoms with Crippen molar-refractivity contribution < 1.29 is 8.78 Å². The van der Waals surface area contributed by atoms with Crippen LogP contribution in [-0.4, -0.2) is 28.8 Å². The Bertz CT molecular complexity index is 2410. The van der Waals surface area contributed by atoms with E-state index in [1.54, 1.807) is 0 Å². The second-order valence-electron chi connectivity index (χ2n) is 14.7. The van der Waals surface area contributed by atoms with E-state index in [-0.39, 0.29) is 30.3 Å². The van der Waals surface area contributed by atoms with Gasteiger partial charge in [0.05, 0.1) is 17.1 Å². The van der Waals surface area contributed by atoms with E-state index in [1.165, 1.54) is 22.6 Å². The molecule has 10 rings (SSSR count). The molecule has 4 aliphatic carbocycles. The highest BCUT2D eigenvalue weighted by Gasteiger charge is 2.40. The van der Waals surface area contributed by atoms with Gasteiger partial charge in [-0.05, 0) is 90.8 Å². The SMILES string of the molecule is FC1=CC(F)CC(N2c3cc(-c4ccc5c6ccccc6n(C6=NC(C7C=CC=CC7)C=C(C7=CCCC=C7)N6)c5c4)ccc3C3C=CCCC32)=C1. The van der Waals surface area contributed by atoms with Crippen LogP contribution in [0, 0.1) is 5.92 Å². The molecule has 3 heterocycles. The molecule has 4 nitrogen and oxygen atoms in total. The maximum absolute atomic E-state index is 14.7. The average Bonchev–Trinajstić information content (AvgIpc) is 3.70. The zero-order valence-electron chi connectivity index (χ0n) is 28.9. The first-order valence-electron chi connectivity index (χ1n) is 18.7. The third kappa shape index (κ3) is 5.26. The van der Waals surface area contributed by atoms with Crippen LogP contribution in [-0.2, 0) is 0 Å². The number of para-hydroxylation sites is 1. The largest absolute Gasteiger partial charge is 0.341 e. The normalized spacial score (nSPS) is 26.4. The van der Waals surface area contributed by atoms with Gasteiger partial charge >= 0.3 is 0 Å². The number of rotatable bonds is 4. The standard InChI is InChI=1S/C46H40F2N4/c47-33-25-34(48)27-35(26-33)51-42-17-9-7-15-36(42)38-21-19-31(23-44(38)51)32-20-22-39-37-16-8-10-18-43(37)52(45(39)24-32)46-49-40(29-11-3-1-4-12-29)28-41(50-46)30-13-5-2-6-14-30/h1,3-5,7-8,10-11,13-16,18-26,28-29,34,36,40,42H,2,6,9,12,17,27H2,(H,49,50). The maximum atomic E-state index is 14.7. The molecule has 0 radical (unpaired) electrons. The lowest BCUT2D eigenvalue weighted by molar-refractivity contribution is 0.378. The molecule has 5 unspecified atom stereocenters. The fourth-order valence-corrected chi connectivity index (χ4v) is 9.13. The van der Waals surface area contributed by atoms with Crippen molar-refractivity contribution in [3.63, 3.8) is 0 Å². The molecule has 6 aliphatic rings. The Kier molecular flexibility index (Phi) is 7.59. The van der Waals surface area contributed by atoms with Crippen LogP contribution >= 0.6 is 0 Å². The van der Waals surface area contributed by atoms with Crippen molar-refractivity contribution in [1.29, 1.82) is 0 Å². The number of alkyl halides is 1. The molecule has 1 N–H and O–H groups in total. The number of halogens is 2. The van der Waals surface area contributed by atoms with E-state index in [9.17, 15) is 8.78 Å². The highest BCUT2D eigenvalue weighted by molar-refractivity contribution is 6.15. The molecule has 2 aliphatic heterocycles. The summed E-state index contributed by atoms with van der Waals surface area (Å²) in [6.45, 7) is 0. The summed E-state index contributed by atoms with van der Waals surface area (Å²) in [7, 11) is 0. The molecule has 0 saturated carbocycles. The van der Waals surface area contributed by atoms with E-state index in [4.69, 9.17) is 4.99 Å². The van der Waals surface area contributed by atoms with Gasteiger partial charge in [-0.2, -0.15) is 0 Å². The van der Waals surface area contributed by atoms with Crippen molar-refractivity contribution in [1.82, 2.24) is 9.88 Å². The van der Waals surface area contributed by atoms with Crippen molar-refractivity contribution in [2.75, 3.05) is 4.90 Å². The fraction of sp³-hybridized carbons (Fsp3) is 0.239. The first-order valence-corrected chi connectivity index (χ1v) is 18.7. The van der Waals surface area contributed by atoms with E-state index < -0.39 is 12.0 Å². The highest BCUT2D eigenvalue weighted by atomic mass is 19.1. The number of allylic oxidation sites excluding steroid dienone is 11. The van der Waals surface area contributed by atoms with Gasteiger partial charge in [-0.1, -0.05) is 97.1 Å². The summed E-state index contributed by atoms with van der Waals surface area (Å²) in [5.74, 6) is 0.804. The number of hydrogen-bond donors (Lipinski definition) is 1. The van der Waals surface area contributed by atoms with Crippen LogP contribution in [0.15, 0.2) is 161 Å². The predicted octanol–water partition coefficient (Wildman–Crippen LogP) is 11.0. The molecular weight excluding hydrogens is 647 g/mol. The smallest absolute Gasteiger partial charge is 0.208 e. The van der Waals surface area contributed by atoms with Crippen LogP contribution in [0.25, 0.3) is 32.9 Å². The topological polar surface area (TPSA) is 32.6 Å². The number of nitrogens with zero attached hydrogens (tertiary/aromatic N) is 3. The number of benzene rings is 3. The zero-order valence-corrected chi connectivity index (χ0v) is 28.9. The summed E-state index contributed by atoms with van der Waals surface area (Å²) in [5.41, 5.74) is 9.63. The maximum Gasteiger partial charge on any atom is 0.208 e. The zero-order chi connectivity index (χ0) is 34.8. The molecule has 0 saturated heterocycles. The lowest BCUT2D eigenvalue weighted by Gasteiger charge is -2.34. The van der Waals surface area contributed by atoms with Crippen LogP contribution in [0.5, 0.6) is 0 Å². The molecule has 4 aromatic rings. The second-order valence-corrected chi connectivity index (χ2v) is 14.7. The van der Waals surface area contributed by atoms with Crippen molar-refractivity contribution in [2.45, 2.75) is 62.7 Å². The molecule has 0 fully saturated rings. The van der Waals surface area contributed by atoms with Gasteiger partial charge in [0.25, 0.3) is 0 Å². The minimum Gasteiger partial charge on any atom is -0.341 e. The van der Waals surface area contributed by atoms with E-state index >= 15 is 0 Å². The number of aliphatic imine (C=N–C) groups is 1. The summed E-state index contributed by atoms with van der Waals surface area (Å²) >= 11 is 0. The molecule has 6 heteroatoms. The summed E-state index contributed by atoms with van der Waals surface area (Å²) in [6.07, 6.45) is 28.8. The number of hydrogen-bond acceptors (Lipinski definition) is 3. The third-order valence-corrected chi connectivity index (χ3v) is 11.6. The van der Waals surface area contributed by atoms with E-state index in [0.29, 0.717) is 0 Å². The Morgan fingerprint density at radius 1 is 0.827 bits per heavy atom. The molecular formula is C46H40F2N4.